The van der Waals surface area contributed by atoms with Gasteiger partial charge in [-0.15, -0.1) is 0 Å². The summed E-state index contributed by atoms with van der Waals surface area (Å²) >= 11 is 0. The first kappa shape index (κ1) is 12.8. The third-order valence-electron chi connectivity index (χ3n) is 4.22. The van der Waals surface area contributed by atoms with E-state index in [-0.39, 0.29) is 11.5 Å². The van der Waals surface area contributed by atoms with Crippen molar-refractivity contribution in [1.82, 2.24) is 10.6 Å². The molecule has 1 unspecified atom stereocenters. The summed E-state index contributed by atoms with van der Waals surface area (Å²) in [5.41, 5.74) is -0.140. The molecule has 1 saturated carbocycles. The van der Waals surface area contributed by atoms with E-state index >= 15 is 0 Å². The fourth-order valence-corrected chi connectivity index (χ4v) is 2.76. The lowest BCUT2D eigenvalue weighted by atomic mass is 9.77. The Hall–Kier alpha value is -0.610. The average Bonchev–Trinajstić information content (AvgIpc) is 2.76. The van der Waals surface area contributed by atoms with E-state index in [1.807, 2.05) is 0 Å². The van der Waals surface area contributed by atoms with Gasteiger partial charge in [-0.05, 0) is 51.1 Å². The highest BCUT2D eigenvalue weighted by molar-refractivity contribution is 5.77. The second kappa shape index (κ2) is 5.83. The fraction of sp³-hybridized carbons (Fsp3) is 0.923. The van der Waals surface area contributed by atoms with Crippen LogP contribution in [0, 0.1) is 5.92 Å². The van der Waals surface area contributed by atoms with Crippen LogP contribution in [0.2, 0.25) is 0 Å². The van der Waals surface area contributed by atoms with Crippen molar-refractivity contribution in [1.29, 1.82) is 0 Å². The molecule has 1 aliphatic carbocycles. The molecule has 2 rings (SSSR count). The van der Waals surface area contributed by atoms with Crippen molar-refractivity contribution in [3.8, 4) is 0 Å². The molecule has 1 saturated heterocycles. The molecule has 0 aromatic heterocycles. The summed E-state index contributed by atoms with van der Waals surface area (Å²) in [5.74, 6) is 0.896. The number of rotatable bonds is 6. The third-order valence-corrected chi connectivity index (χ3v) is 4.22. The number of carbonyl (C=O) groups is 1. The molecular weight excluding hydrogens is 216 g/mol. The molecule has 2 fully saturated rings. The highest BCUT2D eigenvalue weighted by Crippen LogP contribution is 2.37. The van der Waals surface area contributed by atoms with Crippen LogP contribution in [0.15, 0.2) is 0 Å². The molecule has 1 atom stereocenters. The lowest BCUT2D eigenvalue weighted by Gasteiger charge is -2.39. The van der Waals surface area contributed by atoms with Crippen LogP contribution in [0.3, 0.4) is 0 Å². The maximum absolute atomic E-state index is 11.8. The van der Waals surface area contributed by atoms with E-state index in [1.165, 1.54) is 12.8 Å². The molecule has 0 bridgehead atoms. The summed E-state index contributed by atoms with van der Waals surface area (Å²) in [5, 5.41) is 6.36. The Balaban J connectivity index is 1.60. The van der Waals surface area contributed by atoms with E-state index in [4.69, 9.17) is 4.74 Å². The zero-order valence-electron chi connectivity index (χ0n) is 10.8. The first-order valence-electron chi connectivity index (χ1n) is 6.77. The Kier molecular flexibility index (Phi) is 4.40. The van der Waals surface area contributed by atoms with Crippen LogP contribution in [-0.4, -0.2) is 38.3 Å². The molecule has 0 aromatic rings. The number of ether oxygens (including phenoxy) is 1. The topological polar surface area (TPSA) is 50.4 Å². The van der Waals surface area contributed by atoms with Crippen molar-refractivity contribution in [2.45, 2.75) is 44.1 Å². The minimum atomic E-state index is -0.140. The predicted molar refractivity (Wildman–Crippen MR) is 66.8 cm³/mol. The van der Waals surface area contributed by atoms with Crippen LogP contribution in [-0.2, 0) is 9.53 Å². The minimum Gasteiger partial charge on any atom is -0.378 e. The number of carbonyl (C=O) groups excluding carboxylic acids is 1. The summed E-state index contributed by atoms with van der Waals surface area (Å²) in [6.45, 7) is 3.05. The Morgan fingerprint density at radius 1 is 1.53 bits per heavy atom. The second-order valence-electron chi connectivity index (χ2n) is 5.41. The van der Waals surface area contributed by atoms with E-state index in [0.29, 0.717) is 6.42 Å². The van der Waals surface area contributed by atoms with Gasteiger partial charge in [0.05, 0.1) is 12.0 Å². The summed E-state index contributed by atoms with van der Waals surface area (Å²) in [7, 11) is 1.72. The number of amides is 1. The molecule has 1 aliphatic heterocycles. The van der Waals surface area contributed by atoms with Gasteiger partial charge in [-0.2, -0.15) is 0 Å². The Labute approximate surface area is 103 Å². The molecule has 2 aliphatic rings. The molecule has 98 valence electrons. The molecule has 0 radical (unpaired) electrons. The lowest BCUT2D eigenvalue weighted by Crippen LogP contribution is -2.44. The molecular formula is C13H24N2O2. The number of hydrogen-bond donors (Lipinski definition) is 2. The quantitative estimate of drug-likeness (QED) is 0.730. The van der Waals surface area contributed by atoms with Gasteiger partial charge in [0, 0.05) is 13.7 Å². The molecule has 1 heterocycles. The number of nitrogens with one attached hydrogen (secondary N) is 2. The van der Waals surface area contributed by atoms with Crippen LogP contribution in [0.4, 0.5) is 0 Å². The zero-order valence-corrected chi connectivity index (χ0v) is 10.8. The van der Waals surface area contributed by atoms with Crippen LogP contribution < -0.4 is 10.6 Å². The van der Waals surface area contributed by atoms with Gasteiger partial charge in [0.1, 0.15) is 0 Å². The summed E-state index contributed by atoms with van der Waals surface area (Å²) in [6.07, 6.45) is 6.13. The van der Waals surface area contributed by atoms with Crippen LogP contribution in [0.1, 0.15) is 38.5 Å². The lowest BCUT2D eigenvalue weighted by molar-refractivity contribution is -0.134. The molecule has 2 N–H and O–H groups in total. The van der Waals surface area contributed by atoms with Crippen molar-refractivity contribution >= 4 is 5.91 Å². The van der Waals surface area contributed by atoms with E-state index < -0.39 is 0 Å². The summed E-state index contributed by atoms with van der Waals surface area (Å²) < 4.78 is 5.45. The first-order chi connectivity index (χ1) is 8.24. The van der Waals surface area contributed by atoms with E-state index in [2.05, 4.69) is 10.6 Å². The third kappa shape index (κ3) is 3.42. The minimum absolute atomic E-state index is 0.140. The predicted octanol–water partition coefficient (Wildman–Crippen LogP) is 1.06. The molecule has 0 aromatic carbocycles. The normalized spacial score (nSPS) is 26.5. The highest BCUT2D eigenvalue weighted by atomic mass is 16.5. The Morgan fingerprint density at radius 2 is 2.35 bits per heavy atom. The number of methoxy groups -OCH3 is 1. The Morgan fingerprint density at radius 3 is 2.88 bits per heavy atom. The second-order valence-corrected chi connectivity index (χ2v) is 5.41. The zero-order chi connectivity index (χ0) is 12.1. The standard InChI is InChI=1S/C13H24N2O2/c1-17-13(5-2-6-13)9-12(16)15-8-4-11-3-7-14-10-11/h11,14H,2-10H2,1H3,(H,15,16). The largest absolute Gasteiger partial charge is 0.378 e. The van der Waals surface area contributed by atoms with Gasteiger partial charge in [-0.1, -0.05) is 0 Å². The van der Waals surface area contributed by atoms with Crippen molar-refractivity contribution in [3.05, 3.63) is 0 Å². The Bertz CT molecular complexity index is 253. The average molecular weight is 240 g/mol. The fourth-order valence-electron chi connectivity index (χ4n) is 2.76. The van der Waals surface area contributed by atoms with E-state index in [9.17, 15) is 4.79 Å². The van der Waals surface area contributed by atoms with Crippen LogP contribution >= 0.6 is 0 Å². The van der Waals surface area contributed by atoms with Gasteiger partial charge in [0.25, 0.3) is 0 Å². The van der Waals surface area contributed by atoms with Crippen molar-refractivity contribution < 1.29 is 9.53 Å². The summed E-state index contributed by atoms with van der Waals surface area (Å²) in [4.78, 5) is 11.8. The molecule has 17 heavy (non-hydrogen) atoms. The van der Waals surface area contributed by atoms with Crippen molar-refractivity contribution in [2.75, 3.05) is 26.7 Å². The summed E-state index contributed by atoms with van der Waals surface area (Å²) in [6, 6.07) is 0. The smallest absolute Gasteiger partial charge is 0.222 e. The van der Waals surface area contributed by atoms with Crippen LogP contribution in [0.25, 0.3) is 0 Å². The van der Waals surface area contributed by atoms with Gasteiger partial charge >= 0.3 is 0 Å². The van der Waals surface area contributed by atoms with Gasteiger partial charge in [0.2, 0.25) is 5.91 Å². The maximum atomic E-state index is 11.8. The van der Waals surface area contributed by atoms with Crippen molar-refractivity contribution in [2.24, 2.45) is 5.92 Å². The van der Waals surface area contributed by atoms with Gasteiger partial charge in [-0.3, -0.25) is 4.79 Å². The molecule has 4 heteroatoms. The van der Waals surface area contributed by atoms with Crippen molar-refractivity contribution in [3.63, 3.8) is 0 Å². The first-order valence-corrected chi connectivity index (χ1v) is 6.77. The highest BCUT2D eigenvalue weighted by Gasteiger charge is 2.38. The van der Waals surface area contributed by atoms with Crippen LogP contribution in [0.5, 0.6) is 0 Å². The molecule has 4 nitrogen and oxygen atoms in total. The maximum Gasteiger partial charge on any atom is 0.222 e. The van der Waals surface area contributed by atoms with E-state index in [0.717, 1.165) is 44.8 Å². The SMILES string of the molecule is COC1(CC(=O)NCCC2CCNC2)CCC1. The molecule has 1 amide bonds. The van der Waals surface area contributed by atoms with Gasteiger partial charge in [0.15, 0.2) is 0 Å². The van der Waals surface area contributed by atoms with E-state index in [1.54, 1.807) is 7.11 Å². The van der Waals surface area contributed by atoms with Gasteiger partial charge in [-0.25, -0.2) is 0 Å². The molecule has 0 spiro atoms. The number of hydrogen-bond acceptors (Lipinski definition) is 3. The monoisotopic (exact) mass is 240 g/mol. The van der Waals surface area contributed by atoms with Gasteiger partial charge < -0.3 is 15.4 Å².